The molecule has 0 saturated carbocycles. The van der Waals surface area contributed by atoms with Crippen LogP contribution in [0.25, 0.3) is 0 Å². The van der Waals surface area contributed by atoms with E-state index in [1.807, 2.05) is 49.4 Å². The number of Topliss-reactive ketones (excluding diaryl/α,β-unsaturated/α-hetero) is 1. The van der Waals surface area contributed by atoms with Gasteiger partial charge >= 0.3 is 186 Å². The zero-order valence-electron chi connectivity index (χ0n) is 16.4. The van der Waals surface area contributed by atoms with E-state index in [2.05, 4.69) is 53.5 Å². The second-order valence-electron chi connectivity index (χ2n) is 6.30. The predicted octanol–water partition coefficient (Wildman–Crippen LogP) is 3.57. The Morgan fingerprint density at radius 2 is 1.41 bits per heavy atom. The van der Waals surface area contributed by atoms with Crippen molar-refractivity contribution in [3.8, 4) is 0 Å². The summed E-state index contributed by atoms with van der Waals surface area (Å²) in [6, 6.07) is 30.5. The van der Waals surface area contributed by atoms with E-state index in [0.717, 1.165) is 5.56 Å². The molecule has 0 spiro atoms. The van der Waals surface area contributed by atoms with Gasteiger partial charge in [0.05, 0.1) is 0 Å². The Labute approximate surface area is 185 Å². The van der Waals surface area contributed by atoms with E-state index < -0.39 is 0 Å². The summed E-state index contributed by atoms with van der Waals surface area (Å²) in [5, 5.41) is 0. The molecule has 0 fully saturated rings. The summed E-state index contributed by atoms with van der Waals surface area (Å²) in [4.78, 5) is 15.2. The average molecular weight is 514 g/mol. The standard InChI is InChI=1S/C25H24O2Se2/c1-2-27-24(18-23(26)20-12-6-3-7-13-20)25(29-22-16-10-5-11-17-22)19-28-21-14-8-4-9-15-21/h3-17,19,24H,2,18H2,1H3/b25-19-. The molecule has 0 heterocycles. The number of hydrogen-bond acceptors (Lipinski definition) is 2. The van der Waals surface area contributed by atoms with Crippen molar-refractivity contribution >= 4 is 44.6 Å². The molecule has 29 heavy (non-hydrogen) atoms. The molecule has 0 aliphatic heterocycles. The third-order valence-electron chi connectivity index (χ3n) is 4.19. The zero-order chi connectivity index (χ0) is 20.3. The van der Waals surface area contributed by atoms with Gasteiger partial charge in [-0.05, 0) is 0 Å². The molecule has 0 radical (unpaired) electrons. The zero-order valence-corrected chi connectivity index (χ0v) is 19.8. The molecular formula is C25H24O2Se2. The molecule has 3 aromatic carbocycles. The van der Waals surface area contributed by atoms with Crippen molar-refractivity contribution in [3.05, 3.63) is 106 Å². The number of ether oxygens (including phenoxy) is 1. The van der Waals surface area contributed by atoms with Crippen LogP contribution in [0.4, 0.5) is 0 Å². The number of carbonyl (C=O) groups excluding carboxylic acids is 1. The van der Waals surface area contributed by atoms with Crippen molar-refractivity contribution in [1.82, 2.24) is 0 Å². The second kappa shape index (κ2) is 11.9. The fourth-order valence-corrected chi connectivity index (χ4v) is 7.21. The fraction of sp³-hybridized carbons (Fsp3) is 0.160. The van der Waals surface area contributed by atoms with E-state index in [4.69, 9.17) is 4.74 Å². The van der Waals surface area contributed by atoms with Gasteiger partial charge in [-0.3, -0.25) is 0 Å². The van der Waals surface area contributed by atoms with Crippen LogP contribution in [0.1, 0.15) is 23.7 Å². The van der Waals surface area contributed by atoms with Crippen molar-refractivity contribution < 1.29 is 9.53 Å². The van der Waals surface area contributed by atoms with Gasteiger partial charge in [-0.15, -0.1) is 0 Å². The molecular weight excluding hydrogens is 490 g/mol. The third kappa shape index (κ3) is 7.12. The number of rotatable bonds is 10. The molecule has 0 saturated heterocycles. The molecule has 0 aliphatic rings. The molecule has 1 unspecified atom stereocenters. The van der Waals surface area contributed by atoms with Gasteiger partial charge < -0.3 is 0 Å². The first-order valence-electron chi connectivity index (χ1n) is 9.60. The first kappa shape index (κ1) is 21.8. The maximum atomic E-state index is 12.9. The molecule has 0 aromatic heterocycles. The van der Waals surface area contributed by atoms with Crippen LogP contribution in [-0.2, 0) is 4.74 Å². The van der Waals surface area contributed by atoms with Crippen molar-refractivity contribution in [2.45, 2.75) is 19.4 Å². The van der Waals surface area contributed by atoms with Crippen molar-refractivity contribution in [2.24, 2.45) is 0 Å². The Balaban J connectivity index is 1.84. The number of hydrogen-bond donors (Lipinski definition) is 0. The molecule has 3 rings (SSSR count). The van der Waals surface area contributed by atoms with Gasteiger partial charge in [-0.2, -0.15) is 0 Å². The van der Waals surface area contributed by atoms with Crippen molar-refractivity contribution in [2.75, 3.05) is 6.61 Å². The summed E-state index contributed by atoms with van der Waals surface area (Å²) in [6.07, 6.45) is 0.196. The normalized spacial score (nSPS) is 12.5. The van der Waals surface area contributed by atoms with E-state index in [1.54, 1.807) is 0 Å². The van der Waals surface area contributed by atoms with Crippen molar-refractivity contribution in [1.29, 1.82) is 0 Å². The minimum atomic E-state index is -0.182. The van der Waals surface area contributed by atoms with E-state index in [1.165, 1.54) is 13.4 Å². The monoisotopic (exact) mass is 516 g/mol. The van der Waals surface area contributed by atoms with Crippen LogP contribution in [0.3, 0.4) is 0 Å². The van der Waals surface area contributed by atoms with Crippen LogP contribution >= 0.6 is 0 Å². The predicted molar refractivity (Wildman–Crippen MR) is 123 cm³/mol. The summed E-state index contributed by atoms with van der Waals surface area (Å²) >= 11 is 0.326. The van der Waals surface area contributed by atoms with Gasteiger partial charge in [0.1, 0.15) is 0 Å². The molecule has 3 aromatic rings. The third-order valence-corrected chi connectivity index (χ3v) is 9.22. The van der Waals surface area contributed by atoms with Crippen LogP contribution in [0.2, 0.25) is 0 Å². The number of carbonyl (C=O) groups is 1. The molecule has 0 N–H and O–H groups in total. The van der Waals surface area contributed by atoms with Gasteiger partial charge in [0, 0.05) is 0 Å². The van der Waals surface area contributed by atoms with E-state index in [9.17, 15) is 4.79 Å². The van der Waals surface area contributed by atoms with Crippen molar-refractivity contribution in [3.63, 3.8) is 0 Å². The topological polar surface area (TPSA) is 26.3 Å². The summed E-state index contributed by atoms with van der Waals surface area (Å²) in [5.41, 5.74) is 0.748. The molecule has 1 atom stereocenters. The summed E-state index contributed by atoms with van der Waals surface area (Å²) in [5.74, 6) is 0.131. The van der Waals surface area contributed by atoms with Crippen LogP contribution in [-0.4, -0.2) is 48.4 Å². The Hall–Kier alpha value is -1.93. The minimum absolute atomic E-state index is 0.120. The van der Waals surface area contributed by atoms with Gasteiger partial charge in [-0.25, -0.2) is 0 Å². The fourth-order valence-electron chi connectivity index (χ4n) is 2.77. The van der Waals surface area contributed by atoms with Crippen LogP contribution < -0.4 is 8.92 Å². The van der Waals surface area contributed by atoms with Gasteiger partial charge in [0.25, 0.3) is 0 Å². The van der Waals surface area contributed by atoms with Gasteiger partial charge in [0.15, 0.2) is 0 Å². The molecule has 2 nitrogen and oxygen atoms in total. The second-order valence-corrected chi connectivity index (χ2v) is 10.7. The molecule has 0 bridgehead atoms. The number of ketones is 1. The van der Waals surface area contributed by atoms with Crippen LogP contribution in [0.15, 0.2) is 100 Å². The quantitative estimate of drug-likeness (QED) is 0.306. The molecule has 148 valence electrons. The molecule has 4 heteroatoms. The van der Waals surface area contributed by atoms with E-state index in [-0.39, 0.29) is 41.8 Å². The first-order valence-corrected chi connectivity index (χ1v) is 13.2. The summed E-state index contributed by atoms with van der Waals surface area (Å²) < 4.78 is 9.97. The van der Waals surface area contributed by atoms with Crippen LogP contribution in [0.5, 0.6) is 0 Å². The Bertz CT molecular complexity index is 909. The molecule has 0 amide bonds. The van der Waals surface area contributed by atoms with Crippen LogP contribution in [0, 0.1) is 0 Å². The Kier molecular flexibility index (Phi) is 8.95. The maximum absolute atomic E-state index is 12.9. The van der Waals surface area contributed by atoms with E-state index in [0.29, 0.717) is 13.0 Å². The number of benzene rings is 3. The average Bonchev–Trinajstić information content (AvgIpc) is 2.78. The Morgan fingerprint density at radius 3 is 2.00 bits per heavy atom. The summed E-state index contributed by atoms with van der Waals surface area (Å²) in [6.45, 7) is 2.59. The Morgan fingerprint density at radius 1 is 0.862 bits per heavy atom. The SMILES string of the molecule is CCOC(CC(=O)c1ccccc1)/C(=C/[Se]c1ccccc1)[Se]c1ccccc1. The van der Waals surface area contributed by atoms with Gasteiger partial charge in [0.2, 0.25) is 0 Å². The van der Waals surface area contributed by atoms with E-state index >= 15 is 0 Å². The summed E-state index contributed by atoms with van der Waals surface area (Å²) in [7, 11) is 0. The molecule has 0 aliphatic carbocycles. The van der Waals surface area contributed by atoms with Gasteiger partial charge in [-0.1, -0.05) is 0 Å². The first-order chi connectivity index (χ1) is 14.3.